The van der Waals surface area contributed by atoms with Crippen molar-refractivity contribution in [3.05, 3.63) is 36.3 Å². The van der Waals surface area contributed by atoms with Crippen molar-refractivity contribution < 1.29 is 0 Å². The number of aryl methyl sites for hydroxylation is 1. The van der Waals surface area contributed by atoms with Gasteiger partial charge in [-0.15, -0.1) is 0 Å². The van der Waals surface area contributed by atoms with E-state index < -0.39 is 0 Å². The maximum absolute atomic E-state index is 4.72. The first-order valence-corrected chi connectivity index (χ1v) is 8.98. The number of nitrogens with zero attached hydrogens (tertiary/aromatic N) is 5. The minimum atomic E-state index is 0.597. The molecular formula is C19H24N6. The molecule has 0 bridgehead atoms. The van der Waals surface area contributed by atoms with E-state index in [0.29, 0.717) is 12.0 Å². The third-order valence-electron chi connectivity index (χ3n) is 5.10. The first-order valence-electron chi connectivity index (χ1n) is 8.98. The number of rotatable bonds is 4. The van der Waals surface area contributed by atoms with Crippen molar-refractivity contribution >= 4 is 28.2 Å². The van der Waals surface area contributed by atoms with Crippen molar-refractivity contribution in [2.75, 3.05) is 16.8 Å². The van der Waals surface area contributed by atoms with Gasteiger partial charge in [0.15, 0.2) is 0 Å². The summed E-state index contributed by atoms with van der Waals surface area (Å²) in [6.07, 6.45) is 6.22. The molecule has 0 spiro atoms. The lowest BCUT2D eigenvalue weighted by Gasteiger charge is -2.23. The smallest absolute Gasteiger partial charge is 0.227 e. The van der Waals surface area contributed by atoms with Crippen LogP contribution in [0, 0.1) is 6.92 Å². The monoisotopic (exact) mass is 336 g/mol. The van der Waals surface area contributed by atoms with Crippen LogP contribution < -0.4 is 10.2 Å². The van der Waals surface area contributed by atoms with Gasteiger partial charge in [-0.2, -0.15) is 5.10 Å². The Morgan fingerprint density at radius 1 is 1.28 bits per heavy atom. The third kappa shape index (κ3) is 2.92. The Morgan fingerprint density at radius 2 is 2.16 bits per heavy atom. The Kier molecular flexibility index (Phi) is 4.03. The van der Waals surface area contributed by atoms with E-state index in [2.05, 4.69) is 52.3 Å². The zero-order valence-corrected chi connectivity index (χ0v) is 15.0. The standard InChI is InChI=1S/C19H24N6/c1-4-25-14(3)18(12-21-25)23-19-20-11-15-7-8-16(10-17(15)22-19)24-9-5-6-13(24)2/h7-8,10-13H,4-6,9H2,1-3H3,(H,20,22,23). The van der Waals surface area contributed by atoms with E-state index in [1.165, 1.54) is 18.5 Å². The van der Waals surface area contributed by atoms with E-state index in [9.17, 15) is 0 Å². The minimum Gasteiger partial charge on any atom is -0.369 e. The quantitative estimate of drug-likeness (QED) is 0.783. The van der Waals surface area contributed by atoms with Crippen LogP contribution >= 0.6 is 0 Å². The molecule has 0 radical (unpaired) electrons. The molecule has 130 valence electrons. The summed E-state index contributed by atoms with van der Waals surface area (Å²) in [6.45, 7) is 8.39. The summed E-state index contributed by atoms with van der Waals surface area (Å²) in [5, 5.41) is 8.71. The van der Waals surface area contributed by atoms with E-state index in [1.54, 1.807) is 0 Å². The van der Waals surface area contributed by atoms with Crippen molar-refractivity contribution in [2.45, 2.75) is 46.2 Å². The molecule has 1 aliphatic heterocycles. The topological polar surface area (TPSA) is 58.9 Å². The van der Waals surface area contributed by atoms with Gasteiger partial charge in [-0.1, -0.05) is 0 Å². The second-order valence-corrected chi connectivity index (χ2v) is 6.71. The predicted molar refractivity (Wildman–Crippen MR) is 102 cm³/mol. The molecule has 1 aromatic carbocycles. The summed E-state index contributed by atoms with van der Waals surface area (Å²) >= 11 is 0. The van der Waals surface area contributed by atoms with Crippen LogP contribution in [0.25, 0.3) is 10.9 Å². The number of benzene rings is 1. The van der Waals surface area contributed by atoms with Gasteiger partial charge >= 0.3 is 0 Å². The first kappa shape index (κ1) is 15.9. The van der Waals surface area contributed by atoms with Crippen LogP contribution in [0.1, 0.15) is 32.4 Å². The fourth-order valence-corrected chi connectivity index (χ4v) is 3.58. The molecule has 3 heterocycles. The predicted octanol–water partition coefficient (Wildman–Crippen LogP) is 3.89. The van der Waals surface area contributed by atoms with E-state index in [-0.39, 0.29) is 0 Å². The van der Waals surface area contributed by atoms with Crippen LogP contribution in [0.3, 0.4) is 0 Å². The van der Waals surface area contributed by atoms with Crippen molar-refractivity contribution in [1.29, 1.82) is 0 Å². The van der Waals surface area contributed by atoms with Gasteiger partial charge in [-0.3, -0.25) is 4.68 Å². The Morgan fingerprint density at radius 3 is 2.88 bits per heavy atom. The summed E-state index contributed by atoms with van der Waals surface area (Å²) < 4.78 is 1.95. The number of hydrogen-bond acceptors (Lipinski definition) is 5. The van der Waals surface area contributed by atoms with Gasteiger partial charge in [0.05, 0.1) is 23.1 Å². The minimum absolute atomic E-state index is 0.597. The lowest BCUT2D eigenvalue weighted by molar-refractivity contribution is 0.640. The van der Waals surface area contributed by atoms with E-state index in [0.717, 1.165) is 35.4 Å². The molecule has 4 rings (SSSR count). The summed E-state index contributed by atoms with van der Waals surface area (Å²) in [4.78, 5) is 11.6. The first-order chi connectivity index (χ1) is 12.2. The normalized spacial score (nSPS) is 17.4. The largest absolute Gasteiger partial charge is 0.369 e. The average Bonchev–Trinajstić information content (AvgIpc) is 3.20. The fraction of sp³-hybridized carbons (Fsp3) is 0.421. The number of nitrogens with one attached hydrogen (secondary N) is 1. The molecule has 0 amide bonds. The van der Waals surface area contributed by atoms with Gasteiger partial charge in [-0.25, -0.2) is 9.97 Å². The van der Waals surface area contributed by atoms with Gasteiger partial charge in [0, 0.05) is 36.4 Å². The summed E-state index contributed by atoms with van der Waals surface area (Å²) in [5.74, 6) is 0.609. The second kappa shape index (κ2) is 6.35. The average molecular weight is 336 g/mol. The van der Waals surface area contributed by atoms with Crippen molar-refractivity contribution in [2.24, 2.45) is 0 Å². The Hall–Kier alpha value is -2.63. The maximum atomic E-state index is 4.72. The van der Waals surface area contributed by atoms with E-state index >= 15 is 0 Å². The highest BCUT2D eigenvalue weighted by atomic mass is 15.3. The maximum Gasteiger partial charge on any atom is 0.227 e. The summed E-state index contributed by atoms with van der Waals surface area (Å²) in [7, 11) is 0. The lowest BCUT2D eigenvalue weighted by atomic mass is 10.2. The molecule has 2 aromatic heterocycles. The molecule has 1 aliphatic rings. The number of fused-ring (bicyclic) bond motifs is 1. The summed E-state index contributed by atoms with van der Waals surface area (Å²) in [5.41, 5.74) is 4.25. The molecule has 1 fully saturated rings. The molecule has 1 unspecified atom stereocenters. The van der Waals surface area contributed by atoms with Crippen molar-refractivity contribution in [3.8, 4) is 0 Å². The van der Waals surface area contributed by atoms with Crippen LogP contribution in [0.4, 0.5) is 17.3 Å². The van der Waals surface area contributed by atoms with Crippen LogP contribution in [0.15, 0.2) is 30.6 Å². The third-order valence-corrected chi connectivity index (χ3v) is 5.10. The van der Waals surface area contributed by atoms with Gasteiger partial charge < -0.3 is 10.2 Å². The SMILES string of the molecule is CCn1ncc(Nc2ncc3ccc(N4CCCC4C)cc3n2)c1C. The highest BCUT2D eigenvalue weighted by molar-refractivity contribution is 5.83. The molecule has 0 aliphatic carbocycles. The van der Waals surface area contributed by atoms with Gasteiger partial charge in [0.2, 0.25) is 5.95 Å². The fourth-order valence-electron chi connectivity index (χ4n) is 3.58. The number of anilines is 3. The molecule has 6 heteroatoms. The number of hydrogen-bond donors (Lipinski definition) is 1. The molecule has 25 heavy (non-hydrogen) atoms. The van der Waals surface area contributed by atoms with Crippen LogP contribution in [-0.4, -0.2) is 32.3 Å². The van der Waals surface area contributed by atoms with Crippen LogP contribution in [0.5, 0.6) is 0 Å². The molecule has 3 aromatic rings. The molecule has 0 saturated carbocycles. The highest BCUT2D eigenvalue weighted by Gasteiger charge is 2.20. The second-order valence-electron chi connectivity index (χ2n) is 6.71. The summed E-state index contributed by atoms with van der Waals surface area (Å²) in [6, 6.07) is 7.06. The Labute approximate surface area is 147 Å². The molecule has 1 atom stereocenters. The van der Waals surface area contributed by atoms with Crippen molar-refractivity contribution in [1.82, 2.24) is 19.7 Å². The molecule has 1 saturated heterocycles. The van der Waals surface area contributed by atoms with Gasteiger partial charge in [0.25, 0.3) is 0 Å². The van der Waals surface area contributed by atoms with Gasteiger partial charge in [0.1, 0.15) is 0 Å². The van der Waals surface area contributed by atoms with Gasteiger partial charge in [-0.05, 0) is 51.8 Å². The number of aromatic nitrogens is 4. The van der Waals surface area contributed by atoms with Crippen LogP contribution in [-0.2, 0) is 6.54 Å². The molecule has 6 nitrogen and oxygen atoms in total. The zero-order chi connectivity index (χ0) is 17.4. The lowest BCUT2D eigenvalue weighted by Crippen LogP contribution is -2.26. The van der Waals surface area contributed by atoms with E-state index in [1.807, 2.05) is 24.0 Å². The Bertz CT molecular complexity index is 900. The van der Waals surface area contributed by atoms with E-state index in [4.69, 9.17) is 4.98 Å². The Balaban J connectivity index is 1.65. The molecule has 1 N–H and O–H groups in total. The van der Waals surface area contributed by atoms with Crippen molar-refractivity contribution in [3.63, 3.8) is 0 Å². The molecular weight excluding hydrogens is 312 g/mol. The van der Waals surface area contributed by atoms with Crippen LogP contribution in [0.2, 0.25) is 0 Å². The zero-order valence-electron chi connectivity index (χ0n) is 15.0. The highest BCUT2D eigenvalue weighted by Crippen LogP contribution is 2.28.